The van der Waals surface area contributed by atoms with Crippen molar-refractivity contribution in [3.8, 4) is 17.1 Å². The van der Waals surface area contributed by atoms with Crippen molar-refractivity contribution >= 4 is 12.4 Å². The SMILES string of the molecule is CNCc1nc(-c2ccccc2OC)no1.Cl. The molecule has 0 atom stereocenters. The molecule has 2 rings (SSSR count). The number of nitrogens with zero attached hydrogens (tertiary/aromatic N) is 2. The fourth-order valence-electron chi connectivity index (χ4n) is 1.42. The fourth-order valence-corrected chi connectivity index (χ4v) is 1.42. The minimum Gasteiger partial charge on any atom is -0.496 e. The zero-order chi connectivity index (χ0) is 11.4. The Bertz CT molecular complexity index is 473. The molecule has 1 aromatic heterocycles. The van der Waals surface area contributed by atoms with Crippen LogP contribution in [0.15, 0.2) is 28.8 Å². The quantitative estimate of drug-likeness (QED) is 0.904. The predicted octanol–water partition coefficient (Wildman–Crippen LogP) is 1.89. The van der Waals surface area contributed by atoms with Crippen molar-refractivity contribution < 1.29 is 9.26 Å². The van der Waals surface area contributed by atoms with Crippen LogP contribution in [0.4, 0.5) is 0 Å². The van der Waals surface area contributed by atoms with Crippen LogP contribution in [-0.4, -0.2) is 24.3 Å². The van der Waals surface area contributed by atoms with Crippen molar-refractivity contribution in [2.45, 2.75) is 6.54 Å². The van der Waals surface area contributed by atoms with E-state index in [4.69, 9.17) is 9.26 Å². The molecular weight excluding hydrogens is 242 g/mol. The van der Waals surface area contributed by atoms with Crippen LogP contribution in [0.3, 0.4) is 0 Å². The lowest BCUT2D eigenvalue weighted by Crippen LogP contribution is -2.04. The first kappa shape index (κ1) is 13.5. The van der Waals surface area contributed by atoms with Gasteiger partial charge in [-0.05, 0) is 19.2 Å². The molecule has 0 bridgehead atoms. The number of hydrogen-bond donors (Lipinski definition) is 1. The summed E-state index contributed by atoms with van der Waals surface area (Å²) in [6.07, 6.45) is 0. The van der Waals surface area contributed by atoms with E-state index in [0.29, 0.717) is 18.3 Å². The maximum absolute atomic E-state index is 5.23. The van der Waals surface area contributed by atoms with Gasteiger partial charge >= 0.3 is 0 Å². The molecular formula is C11H14ClN3O2. The number of benzene rings is 1. The van der Waals surface area contributed by atoms with E-state index in [1.54, 1.807) is 7.11 Å². The van der Waals surface area contributed by atoms with E-state index >= 15 is 0 Å². The molecule has 0 unspecified atom stereocenters. The molecule has 0 amide bonds. The van der Waals surface area contributed by atoms with Gasteiger partial charge in [-0.1, -0.05) is 17.3 Å². The Hall–Kier alpha value is -1.59. The number of aromatic nitrogens is 2. The van der Waals surface area contributed by atoms with Crippen molar-refractivity contribution in [2.75, 3.05) is 14.2 Å². The van der Waals surface area contributed by atoms with Crippen molar-refractivity contribution in [1.29, 1.82) is 0 Å². The van der Waals surface area contributed by atoms with Crippen LogP contribution < -0.4 is 10.1 Å². The van der Waals surface area contributed by atoms with Gasteiger partial charge < -0.3 is 14.6 Å². The van der Waals surface area contributed by atoms with Gasteiger partial charge in [0.2, 0.25) is 11.7 Å². The second-order valence-electron chi connectivity index (χ2n) is 3.24. The van der Waals surface area contributed by atoms with Gasteiger partial charge in [-0.25, -0.2) is 0 Å². The van der Waals surface area contributed by atoms with Crippen molar-refractivity contribution in [3.05, 3.63) is 30.2 Å². The molecule has 0 aliphatic carbocycles. The summed E-state index contributed by atoms with van der Waals surface area (Å²) in [4.78, 5) is 4.26. The van der Waals surface area contributed by atoms with Crippen LogP contribution >= 0.6 is 12.4 Å². The Balaban J connectivity index is 0.00000144. The second-order valence-corrected chi connectivity index (χ2v) is 3.24. The lowest BCUT2D eigenvalue weighted by Gasteiger charge is -2.02. The summed E-state index contributed by atoms with van der Waals surface area (Å²) in [6.45, 7) is 0.558. The number of ether oxygens (including phenoxy) is 1. The predicted molar refractivity (Wildman–Crippen MR) is 66.3 cm³/mol. The van der Waals surface area contributed by atoms with E-state index in [9.17, 15) is 0 Å². The molecule has 2 aromatic rings. The van der Waals surface area contributed by atoms with Crippen LogP contribution in [0.1, 0.15) is 5.89 Å². The summed E-state index contributed by atoms with van der Waals surface area (Å²) >= 11 is 0. The lowest BCUT2D eigenvalue weighted by atomic mass is 10.2. The maximum atomic E-state index is 5.23. The van der Waals surface area contributed by atoms with Gasteiger partial charge in [0.15, 0.2) is 0 Å². The largest absolute Gasteiger partial charge is 0.496 e. The highest BCUT2D eigenvalue weighted by molar-refractivity contribution is 5.85. The molecule has 1 N–H and O–H groups in total. The van der Waals surface area contributed by atoms with Crippen LogP contribution in [-0.2, 0) is 6.54 Å². The van der Waals surface area contributed by atoms with E-state index < -0.39 is 0 Å². The smallest absolute Gasteiger partial charge is 0.240 e. The number of hydrogen-bond acceptors (Lipinski definition) is 5. The number of nitrogens with one attached hydrogen (secondary N) is 1. The van der Waals surface area contributed by atoms with E-state index in [-0.39, 0.29) is 12.4 Å². The highest BCUT2D eigenvalue weighted by Gasteiger charge is 2.11. The maximum Gasteiger partial charge on any atom is 0.240 e. The summed E-state index contributed by atoms with van der Waals surface area (Å²) in [5.41, 5.74) is 0.830. The van der Waals surface area contributed by atoms with E-state index in [2.05, 4.69) is 15.5 Å². The monoisotopic (exact) mass is 255 g/mol. The molecule has 5 nitrogen and oxygen atoms in total. The van der Waals surface area contributed by atoms with Crippen molar-refractivity contribution in [3.63, 3.8) is 0 Å². The average Bonchev–Trinajstić information content (AvgIpc) is 2.78. The van der Waals surface area contributed by atoms with Gasteiger partial charge in [0.05, 0.1) is 19.2 Å². The zero-order valence-corrected chi connectivity index (χ0v) is 10.5. The highest BCUT2D eigenvalue weighted by atomic mass is 35.5. The fraction of sp³-hybridized carbons (Fsp3) is 0.273. The molecule has 17 heavy (non-hydrogen) atoms. The van der Waals surface area contributed by atoms with Gasteiger partial charge in [-0.15, -0.1) is 12.4 Å². The second kappa shape index (κ2) is 6.22. The summed E-state index contributed by atoms with van der Waals surface area (Å²) in [5.74, 6) is 1.84. The summed E-state index contributed by atoms with van der Waals surface area (Å²) in [6, 6.07) is 7.57. The minimum absolute atomic E-state index is 0. The van der Waals surface area contributed by atoms with Crippen molar-refractivity contribution in [1.82, 2.24) is 15.5 Å². The van der Waals surface area contributed by atoms with Crippen molar-refractivity contribution in [2.24, 2.45) is 0 Å². The molecule has 6 heteroatoms. The van der Waals surface area contributed by atoms with Gasteiger partial charge in [0.1, 0.15) is 5.75 Å². The first-order chi connectivity index (χ1) is 7.85. The van der Waals surface area contributed by atoms with Crippen LogP contribution in [0, 0.1) is 0 Å². The molecule has 0 fully saturated rings. The normalized spacial score (nSPS) is 9.76. The third-order valence-corrected chi connectivity index (χ3v) is 2.14. The number of halogens is 1. The first-order valence-corrected chi connectivity index (χ1v) is 4.95. The Labute approximate surface area is 106 Å². The standard InChI is InChI=1S/C11H13N3O2.ClH/c1-12-7-10-13-11(14-16-10)8-5-3-4-6-9(8)15-2;/h3-6,12H,7H2,1-2H3;1H. The molecule has 0 radical (unpaired) electrons. The van der Waals surface area contributed by atoms with Gasteiger partial charge in [0, 0.05) is 0 Å². The first-order valence-electron chi connectivity index (χ1n) is 4.95. The number of rotatable bonds is 4. The average molecular weight is 256 g/mol. The van der Waals surface area contributed by atoms with Gasteiger partial charge in [0.25, 0.3) is 0 Å². The Morgan fingerprint density at radius 3 is 2.82 bits per heavy atom. The molecule has 0 spiro atoms. The molecule has 92 valence electrons. The van der Waals surface area contributed by atoms with Crippen LogP contribution in [0.5, 0.6) is 5.75 Å². The van der Waals surface area contributed by atoms with Gasteiger partial charge in [-0.2, -0.15) is 4.98 Å². The lowest BCUT2D eigenvalue weighted by molar-refractivity contribution is 0.371. The molecule has 0 saturated carbocycles. The van der Waals surface area contributed by atoms with Crippen LogP contribution in [0.2, 0.25) is 0 Å². The molecule has 1 aromatic carbocycles. The topological polar surface area (TPSA) is 60.2 Å². The zero-order valence-electron chi connectivity index (χ0n) is 9.64. The molecule has 1 heterocycles. The van der Waals surface area contributed by atoms with Crippen LogP contribution in [0.25, 0.3) is 11.4 Å². The summed E-state index contributed by atoms with van der Waals surface area (Å²) < 4.78 is 10.3. The molecule has 0 saturated heterocycles. The third kappa shape index (κ3) is 2.95. The minimum atomic E-state index is 0. The molecule has 0 aliphatic heterocycles. The summed E-state index contributed by atoms with van der Waals surface area (Å²) in [5, 5.41) is 6.86. The van der Waals surface area contributed by atoms with E-state index in [1.165, 1.54) is 0 Å². The third-order valence-electron chi connectivity index (χ3n) is 2.14. The Kier molecular flexibility index (Phi) is 4.93. The van der Waals surface area contributed by atoms with Gasteiger partial charge in [-0.3, -0.25) is 0 Å². The van der Waals surface area contributed by atoms with E-state index in [0.717, 1.165) is 11.3 Å². The summed E-state index contributed by atoms with van der Waals surface area (Å²) in [7, 11) is 3.44. The Morgan fingerprint density at radius 1 is 1.35 bits per heavy atom. The Morgan fingerprint density at radius 2 is 2.12 bits per heavy atom. The number of methoxy groups -OCH3 is 1. The van der Waals surface area contributed by atoms with E-state index in [1.807, 2.05) is 31.3 Å². The highest BCUT2D eigenvalue weighted by Crippen LogP contribution is 2.26. The molecule has 0 aliphatic rings. The number of para-hydroxylation sites is 1.